The molecule has 2 unspecified atom stereocenters. The molecule has 3 heteroatoms. The molecule has 1 aromatic rings. The Hall–Kier alpha value is -1.58. The first-order chi connectivity index (χ1) is 9.17. The third-order valence-electron chi connectivity index (χ3n) is 3.45. The fraction of sp³-hybridized carbons (Fsp3) is 0.375. The van der Waals surface area contributed by atoms with Gasteiger partial charge in [-0.25, -0.2) is 0 Å². The Morgan fingerprint density at radius 2 is 2.05 bits per heavy atom. The molecule has 19 heavy (non-hydrogen) atoms. The van der Waals surface area contributed by atoms with E-state index in [0.717, 1.165) is 16.9 Å². The third kappa shape index (κ3) is 2.88. The second kappa shape index (κ2) is 6.04. The lowest BCUT2D eigenvalue weighted by Crippen LogP contribution is -2.46. The lowest BCUT2D eigenvalue weighted by atomic mass is 9.96. The molecular weight excluding hydrogens is 238 g/mol. The molecule has 0 bridgehead atoms. The molecule has 1 aliphatic rings. The summed E-state index contributed by atoms with van der Waals surface area (Å²) in [5.41, 5.74) is 2.00. The fourth-order valence-electron chi connectivity index (χ4n) is 2.49. The van der Waals surface area contributed by atoms with Crippen molar-refractivity contribution in [3.63, 3.8) is 0 Å². The smallest absolute Gasteiger partial charge is 0.125 e. The number of ether oxygens (including phenoxy) is 1. The first-order valence-corrected chi connectivity index (χ1v) is 6.54. The minimum Gasteiger partial charge on any atom is -0.491 e. The highest BCUT2D eigenvalue weighted by molar-refractivity contribution is 5.40. The number of benzene rings is 1. The van der Waals surface area contributed by atoms with Gasteiger partial charge in [0.15, 0.2) is 0 Å². The molecule has 0 saturated carbocycles. The zero-order valence-electron chi connectivity index (χ0n) is 11.4. The van der Waals surface area contributed by atoms with Crippen molar-refractivity contribution < 1.29 is 9.84 Å². The van der Waals surface area contributed by atoms with Crippen LogP contribution in [-0.4, -0.2) is 35.7 Å². The zero-order chi connectivity index (χ0) is 13.8. The second-order valence-corrected chi connectivity index (χ2v) is 4.90. The molecule has 0 spiro atoms. The van der Waals surface area contributed by atoms with Crippen molar-refractivity contribution in [2.24, 2.45) is 0 Å². The predicted molar refractivity (Wildman–Crippen MR) is 77.4 cm³/mol. The standard InChI is InChI=1S/C16H21NO2/c1-4-8-17(9-5-2)14-11-19-15-7-6-12(3)10-13(15)16(14)18/h4-7,10,14,16,18H,1-2,8-9,11H2,3H3. The highest BCUT2D eigenvalue weighted by atomic mass is 16.5. The van der Waals surface area contributed by atoms with Gasteiger partial charge in [0.25, 0.3) is 0 Å². The van der Waals surface area contributed by atoms with Crippen molar-refractivity contribution in [2.45, 2.75) is 19.1 Å². The van der Waals surface area contributed by atoms with Crippen molar-refractivity contribution in [1.82, 2.24) is 4.90 Å². The normalized spacial score (nSPS) is 21.6. The fourth-order valence-corrected chi connectivity index (χ4v) is 2.49. The van der Waals surface area contributed by atoms with E-state index in [4.69, 9.17) is 4.74 Å². The Labute approximate surface area is 114 Å². The SMILES string of the molecule is C=CCN(CC=C)C1COc2ccc(C)cc2C1O. The number of fused-ring (bicyclic) bond motifs is 1. The van der Waals surface area contributed by atoms with Crippen molar-refractivity contribution >= 4 is 0 Å². The number of hydrogen-bond acceptors (Lipinski definition) is 3. The minimum absolute atomic E-state index is 0.0645. The van der Waals surface area contributed by atoms with Crippen LogP contribution in [0.5, 0.6) is 5.75 Å². The van der Waals surface area contributed by atoms with E-state index in [1.165, 1.54) is 0 Å². The highest BCUT2D eigenvalue weighted by Crippen LogP contribution is 2.34. The summed E-state index contributed by atoms with van der Waals surface area (Å²) in [7, 11) is 0. The number of nitrogens with zero attached hydrogens (tertiary/aromatic N) is 1. The van der Waals surface area contributed by atoms with Crippen molar-refractivity contribution in [2.75, 3.05) is 19.7 Å². The van der Waals surface area contributed by atoms with Gasteiger partial charge in [-0.05, 0) is 19.1 Å². The molecule has 0 fully saturated rings. The highest BCUT2D eigenvalue weighted by Gasteiger charge is 2.32. The van der Waals surface area contributed by atoms with Crippen LogP contribution in [0.25, 0.3) is 0 Å². The van der Waals surface area contributed by atoms with Crippen LogP contribution in [0.3, 0.4) is 0 Å². The Balaban J connectivity index is 2.25. The van der Waals surface area contributed by atoms with Crippen LogP contribution in [0.2, 0.25) is 0 Å². The monoisotopic (exact) mass is 259 g/mol. The van der Waals surface area contributed by atoms with E-state index in [2.05, 4.69) is 18.1 Å². The van der Waals surface area contributed by atoms with E-state index < -0.39 is 6.10 Å². The molecule has 1 aromatic carbocycles. The summed E-state index contributed by atoms with van der Waals surface area (Å²) >= 11 is 0. The predicted octanol–water partition coefficient (Wildman–Crippen LogP) is 2.46. The van der Waals surface area contributed by atoms with Gasteiger partial charge in [-0.1, -0.05) is 23.8 Å². The van der Waals surface area contributed by atoms with Gasteiger partial charge in [-0.3, -0.25) is 4.90 Å². The maximum Gasteiger partial charge on any atom is 0.125 e. The van der Waals surface area contributed by atoms with Gasteiger partial charge in [0.05, 0.1) is 6.04 Å². The number of hydrogen-bond donors (Lipinski definition) is 1. The third-order valence-corrected chi connectivity index (χ3v) is 3.45. The first kappa shape index (κ1) is 13.8. The number of aliphatic hydroxyl groups excluding tert-OH is 1. The maximum absolute atomic E-state index is 10.6. The first-order valence-electron chi connectivity index (χ1n) is 6.54. The lowest BCUT2D eigenvalue weighted by molar-refractivity contribution is 0.0134. The van der Waals surface area contributed by atoms with Crippen molar-refractivity contribution in [1.29, 1.82) is 0 Å². The topological polar surface area (TPSA) is 32.7 Å². The zero-order valence-corrected chi connectivity index (χ0v) is 11.4. The number of aliphatic hydroxyl groups is 1. The van der Waals surface area contributed by atoms with E-state index in [-0.39, 0.29) is 6.04 Å². The molecule has 0 aromatic heterocycles. The van der Waals surface area contributed by atoms with Crippen LogP contribution in [0.4, 0.5) is 0 Å². The molecule has 0 radical (unpaired) electrons. The summed E-state index contributed by atoms with van der Waals surface area (Å²) in [5, 5.41) is 10.6. The molecule has 1 heterocycles. The van der Waals surface area contributed by atoms with Crippen LogP contribution in [-0.2, 0) is 0 Å². The quantitative estimate of drug-likeness (QED) is 0.825. The van der Waals surface area contributed by atoms with Gasteiger partial charge in [0.2, 0.25) is 0 Å². The van der Waals surface area contributed by atoms with Gasteiger partial charge in [-0.15, -0.1) is 13.2 Å². The Morgan fingerprint density at radius 1 is 1.37 bits per heavy atom. The summed E-state index contributed by atoms with van der Waals surface area (Å²) in [5.74, 6) is 0.784. The molecule has 2 atom stereocenters. The minimum atomic E-state index is -0.538. The summed E-state index contributed by atoms with van der Waals surface area (Å²) < 4.78 is 5.76. The van der Waals surface area contributed by atoms with Gasteiger partial charge < -0.3 is 9.84 Å². The van der Waals surface area contributed by atoms with Crippen LogP contribution in [0.15, 0.2) is 43.5 Å². The van der Waals surface area contributed by atoms with E-state index >= 15 is 0 Å². The van der Waals surface area contributed by atoms with Gasteiger partial charge >= 0.3 is 0 Å². The van der Waals surface area contributed by atoms with E-state index in [1.807, 2.05) is 37.3 Å². The van der Waals surface area contributed by atoms with E-state index in [9.17, 15) is 5.11 Å². The summed E-state index contributed by atoms with van der Waals surface area (Å²) in [6.45, 7) is 11.4. The lowest BCUT2D eigenvalue weighted by Gasteiger charge is -2.37. The largest absolute Gasteiger partial charge is 0.491 e. The number of rotatable bonds is 5. The molecule has 1 N–H and O–H groups in total. The average Bonchev–Trinajstić information content (AvgIpc) is 2.40. The van der Waals surface area contributed by atoms with Crippen LogP contribution in [0.1, 0.15) is 17.2 Å². The van der Waals surface area contributed by atoms with Crippen LogP contribution in [0, 0.1) is 6.92 Å². The molecule has 0 aliphatic carbocycles. The Bertz CT molecular complexity index is 460. The summed E-state index contributed by atoms with van der Waals surface area (Å²) in [4.78, 5) is 2.12. The molecule has 0 amide bonds. The van der Waals surface area contributed by atoms with E-state index in [0.29, 0.717) is 19.7 Å². The second-order valence-electron chi connectivity index (χ2n) is 4.90. The molecule has 1 aliphatic heterocycles. The maximum atomic E-state index is 10.6. The summed E-state index contributed by atoms with van der Waals surface area (Å²) in [6.07, 6.45) is 3.13. The van der Waals surface area contributed by atoms with Crippen LogP contribution < -0.4 is 4.74 Å². The van der Waals surface area contributed by atoms with E-state index in [1.54, 1.807) is 0 Å². The van der Waals surface area contributed by atoms with Crippen LogP contribution >= 0.6 is 0 Å². The van der Waals surface area contributed by atoms with Crippen molar-refractivity contribution in [3.8, 4) is 5.75 Å². The molecule has 2 rings (SSSR count). The molecule has 3 nitrogen and oxygen atoms in total. The molecule has 102 valence electrons. The Kier molecular flexibility index (Phi) is 4.40. The number of aryl methyl sites for hydroxylation is 1. The van der Waals surface area contributed by atoms with Gasteiger partial charge in [0.1, 0.15) is 18.5 Å². The molecule has 0 saturated heterocycles. The average molecular weight is 259 g/mol. The van der Waals surface area contributed by atoms with Gasteiger partial charge in [-0.2, -0.15) is 0 Å². The Morgan fingerprint density at radius 3 is 2.68 bits per heavy atom. The molecular formula is C16H21NO2. The summed E-state index contributed by atoms with van der Waals surface area (Å²) in [6, 6.07) is 5.85. The van der Waals surface area contributed by atoms with Crippen molar-refractivity contribution in [3.05, 3.63) is 54.6 Å². The van der Waals surface area contributed by atoms with Gasteiger partial charge in [0, 0.05) is 18.7 Å².